The molecule has 2 heterocycles. The smallest absolute Gasteiger partial charge is 0.327 e. The Morgan fingerprint density at radius 1 is 1.25 bits per heavy atom. The van der Waals surface area contributed by atoms with Crippen molar-refractivity contribution in [1.82, 2.24) is 15.2 Å². The van der Waals surface area contributed by atoms with E-state index in [1.54, 1.807) is 25.5 Å². The fourth-order valence-corrected chi connectivity index (χ4v) is 4.85. The van der Waals surface area contributed by atoms with Crippen LogP contribution < -0.4 is 10.1 Å². The van der Waals surface area contributed by atoms with E-state index < -0.39 is 17.2 Å². The molecule has 2 aromatic carbocycles. The lowest BCUT2D eigenvalue weighted by molar-refractivity contribution is -0.148. The average molecular weight is 516 g/mol. The monoisotopic (exact) mass is 515 g/mol. The third kappa shape index (κ3) is 5.67. The molecular weight excluding hydrogens is 488 g/mol. The van der Waals surface area contributed by atoms with E-state index >= 15 is 0 Å². The Kier molecular flexibility index (Phi) is 8.18. The molecule has 1 saturated heterocycles. The first-order valence-corrected chi connectivity index (χ1v) is 12.0. The first-order chi connectivity index (χ1) is 17.3. The summed E-state index contributed by atoms with van der Waals surface area (Å²) in [6.45, 7) is 2.04. The number of pyridine rings is 1. The zero-order chi connectivity index (χ0) is 25.7. The number of hydrogen-bond acceptors (Lipinski definition) is 6. The summed E-state index contributed by atoms with van der Waals surface area (Å²) in [4.78, 5) is 19.2. The molecule has 1 aliphatic heterocycles. The minimum absolute atomic E-state index is 0.185. The summed E-state index contributed by atoms with van der Waals surface area (Å²) in [6, 6.07) is 8.98. The van der Waals surface area contributed by atoms with Crippen LogP contribution in [0.4, 0.5) is 8.78 Å². The van der Waals surface area contributed by atoms with E-state index in [-0.39, 0.29) is 11.5 Å². The van der Waals surface area contributed by atoms with Gasteiger partial charge in [0.2, 0.25) is 0 Å². The van der Waals surface area contributed by atoms with E-state index in [0.29, 0.717) is 49.8 Å². The van der Waals surface area contributed by atoms with Crippen LogP contribution in [0, 0.1) is 11.6 Å². The molecule has 0 radical (unpaired) electrons. The predicted molar refractivity (Wildman–Crippen MR) is 136 cm³/mol. The number of rotatable bonds is 9. The summed E-state index contributed by atoms with van der Waals surface area (Å²) in [7, 11) is 2.98. The molecule has 1 unspecified atom stereocenters. The molecule has 0 amide bonds. The molecule has 0 spiro atoms. The molecule has 3 aromatic rings. The molecule has 190 valence electrons. The Balaban J connectivity index is 1.44. The molecule has 1 aromatic heterocycles. The number of nitrogens with zero attached hydrogens (tertiary/aromatic N) is 2. The van der Waals surface area contributed by atoms with Crippen LogP contribution in [0.5, 0.6) is 5.75 Å². The van der Waals surface area contributed by atoms with Gasteiger partial charge in [0, 0.05) is 43.3 Å². The Hall–Kier alpha value is -3.07. The van der Waals surface area contributed by atoms with Gasteiger partial charge >= 0.3 is 5.97 Å². The third-order valence-electron chi connectivity index (χ3n) is 6.52. The molecule has 9 heteroatoms. The Morgan fingerprint density at radius 2 is 2.08 bits per heavy atom. The number of halogens is 3. The summed E-state index contributed by atoms with van der Waals surface area (Å²) in [5.41, 5.74) is 1.04. The van der Waals surface area contributed by atoms with Crippen LogP contribution in [0.2, 0.25) is 5.02 Å². The Morgan fingerprint density at radius 3 is 2.86 bits per heavy atom. The maximum Gasteiger partial charge on any atom is 0.327 e. The minimum atomic E-state index is -0.875. The van der Waals surface area contributed by atoms with Gasteiger partial charge in [-0.2, -0.15) is 0 Å². The van der Waals surface area contributed by atoms with Crippen LogP contribution in [0.15, 0.2) is 48.7 Å². The zero-order valence-corrected chi connectivity index (χ0v) is 20.9. The fourth-order valence-electron chi connectivity index (χ4n) is 4.60. The third-order valence-corrected chi connectivity index (χ3v) is 6.84. The predicted octanol–water partition coefficient (Wildman–Crippen LogP) is 4.64. The van der Waals surface area contributed by atoms with Gasteiger partial charge in [-0.15, -0.1) is 0 Å². The van der Waals surface area contributed by atoms with Crippen molar-refractivity contribution in [2.75, 3.05) is 40.4 Å². The molecule has 4 rings (SSSR count). The van der Waals surface area contributed by atoms with Crippen molar-refractivity contribution in [1.29, 1.82) is 0 Å². The number of ether oxygens (including phenoxy) is 2. The van der Waals surface area contributed by atoms with E-state index in [1.165, 1.54) is 7.11 Å². The highest BCUT2D eigenvalue weighted by molar-refractivity contribution is 6.32. The number of aromatic nitrogens is 1. The molecule has 1 aliphatic rings. The van der Waals surface area contributed by atoms with E-state index in [0.717, 1.165) is 34.7 Å². The second-order valence-electron chi connectivity index (χ2n) is 8.77. The summed E-state index contributed by atoms with van der Waals surface area (Å²) in [5, 5.41) is 4.86. The topological polar surface area (TPSA) is 63.7 Å². The maximum absolute atomic E-state index is 13.9. The zero-order valence-electron chi connectivity index (χ0n) is 20.2. The second kappa shape index (κ2) is 11.3. The highest BCUT2D eigenvalue weighted by Crippen LogP contribution is 2.29. The van der Waals surface area contributed by atoms with Crippen molar-refractivity contribution in [2.45, 2.75) is 18.4 Å². The van der Waals surface area contributed by atoms with Crippen LogP contribution in [0.1, 0.15) is 17.5 Å². The number of methoxy groups -OCH3 is 2. The van der Waals surface area contributed by atoms with Gasteiger partial charge in [0.15, 0.2) is 0 Å². The molecule has 1 N–H and O–H groups in total. The minimum Gasteiger partial charge on any atom is -0.497 e. The van der Waals surface area contributed by atoms with Crippen LogP contribution in [-0.2, 0) is 16.0 Å². The molecule has 6 nitrogen and oxygen atoms in total. The highest BCUT2D eigenvalue weighted by Gasteiger charge is 2.44. The van der Waals surface area contributed by atoms with Crippen molar-refractivity contribution in [3.63, 3.8) is 0 Å². The van der Waals surface area contributed by atoms with Crippen LogP contribution in [0.25, 0.3) is 17.0 Å². The number of benzene rings is 2. The lowest BCUT2D eigenvalue weighted by atomic mass is 9.97. The van der Waals surface area contributed by atoms with Gasteiger partial charge in [0.25, 0.3) is 0 Å². The number of carbonyl (C=O) groups is 1. The lowest BCUT2D eigenvalue weighted by Gasteiger charge is -2.28. The van der Waals surface area contributed by atoms with E-state index in [9.17, 15) is 13.6 Å². The Labute approximate surface area is 213 Å². The summed E-state index contributed by atoms with van der Waals surface area (Å²) >= 11 is 6.48. The van der Waals surface area contributed by atoms with Gasteiger partial charge in [0.1, 0.15) is 22.9 Å². The average Bonchev–Trinajstić information content (AvgIpc) is 3.30. The molecule has 36 heavy (non-hydrogen) atoms. The number of esters is 1. The maximum atomic E-state index is 13.9. The van der Waals surface area contributed by atoms with Gasteiger partial charge in [-0.3, -0.25) is 14.7 Å². The molecule has 1 fully saturated rings. The highest BCUT2D eigenvalue weighted by atomic mass is 35.5. The van der Waals surface area contributed by atoms with E-state index in [1.807, 2.05) is 18.2 Å². The van der Waals surface area contributed by atoms with Gasteiger partial charge in [0.05, 0.1) is 24.8 Å². The number of carbonyl (C=O) groups excluding carboxylic acids is 1. The van der Waals surface area contributed by atoms with Gasteiger partial charge < -0.3 is 14.8 Å². The fraction of sp³-hybridized carbons (Fsp3) is 0.333. The van der Waals surface area contributed by atoms with Crippen molar-refractivity contribution < 1.29 is 23.0 Å². The van der Waals surface area contributed by atoms with Crippen molar-refractivity contribution >= 4 is 34.5 Å². The second-order valence-corrected chi connectivity index (χ2v) is 9.18. The molecule has 0 saturated carbocycles. The molecule has 1 atom stereocenters. The van der Waals surface area contributed by atoms with Crippen LogP contribution in [0.3, 0.4) is 0 Å². The van der Waals surface area contributed by atoms with Crippen LogP contribution >= 0.6 is 11.6 Å². The van der Waals surface area contributed by atoms with Gasteiger partial charge in [-0.25, -0.2) is 8.78 Å². The number of fused-ring (bicyclic) bond motifs is 1. The van der Waals surface area contributed by atoms with Gasteiger partial charge in [-0.1, -0.05) is 23.8 Å². The van der Waals surface area contributed by atoms with Crippen molar-refractivity contribution in [2.24, 2.45) is 0 Å². The Bertz CT molecular complexity index is 1290. The standard InChI is InChI=1S/C27H28ClF2N3O3/c1-35-20-6-8-25-22(15-20)21(23(28)16-31-25)9-11-32-27(26(34)36-2)10-13-33(17-27)12-3-4-18-14-19(29)5-7-24(18)30/h3-8,14-16,32H,9-13,17H2,1-2H3. The normalized spacial score (nSPS) is 18.2. The molecule has 0 aliphatic carbocycles. The van der Waals surface area contributed by atoms with Crippen molar-refractivity contribution in [3.8, 4) is 5.75 Å². The number of likely N-dealkylation sites (tertiary alicyclic amines) is 1. The van der Waals surface area contributed by atoms with E-state index in [2.05, 4.69) is 15.2 Å². The molecular formula is C27H28ClF2N3O3. The molecule has 0 bridgehead atoms. The largest absolute Gasteiger partial charge is 0.497 e. The van der Waals surface area contributed by atoms with E-state index in [4.69, 9.17) is 21.1 Å². The quantitative estimate of drug-likeness (QED) is 0.419. The number of hydrogen-bond donors (Lipinski definition) is 1. The summed E-state index contributed by atoms with van der Waals surface area (Å²) in [5.74, 6) is -0.604. The summed E-state index contributed by atoms with van der Waals surface area (Å²) < 4.78 is 37.8. The lowest BCUT2D eigenvalue weighted by Crippen LogP contribution is -2.55. The first kappa shape index (κ1) is 26.0. The first-order valence-electron chi connectivity index (χ1n) is 11.6. The van der Waals surface area contributed by atoms with Crippen molar-refractivity contribution in [3.05, 3.63) is 76.5 Å². The van der Waals surface area contributed by atoms with Gasteiger partial charge in [-0.05, 0) is 54.8 Å². The SMILES string of the molecule is COC(=O)C1(NCCc2c(Cl)cnc3ccc(OC)cc23)CCN(CC=Cc2cc(F)ccc2F)C1. The van der Waals surface area contributed by atoms with Crippen LogP contribution in [-0.4, -0.2) is 61.8 Å². The number of nitrogens with one attached hydrogen (secondary N) is 1. The summed E-state index contributed by atoms with van der Waals surface area (Å²) in [6.07, 6.45) is 6.08.